The predicted molar refractivity (Wildman–Crippen MR) is 60.2 cm³/mol. The summed E-state index contributed by atoms with van der Waals surface area (Å²) in [4.78, 5) is 0. The molecule has 1 aliphatic rings. The molecule has 3 atom stereocenters. The summed E-state index contributed by atoms with van der Waals surface area (Å²) in [7, 11) is 1.78. The molecule has 0 bridgehead atoms. The third-order valence-electron chi connectivity index (χ3n) is 3.54. The number of hydrogen-bond acceptors (Lipinski definition) is 2. The van der Waals surface area contributed by atoms with Crippen LogP contribution in [0.2, 0.25) is 0 Å². The van der Waals surface area contributed by atoms with Crippen LogP contribution in [-0.2, 0) is 4.74 Å². The molecule has 3 unspecified atom stereocenters. The molecule has 14 heavy (non-hydrogen) atoms. The number of nitrogens with two attached hydrogens (primary N) is 1. The Morgan fingerprint density at radius 1 is 1.29 bits per heavy atom. The largest absolute Gasteiger partial charge is 0.385 e. The lowest BCUT2D eigenvalue weighted by molar-refractivity contribution is 0.140. The third kappa shape index (κ3) is 3.58. The Kier molecular flexibility index (Phi) is 5.49. The molecule has 84 valence electrons. The lowest BCUT2D eigenvalue weighted by Crippen LogP contribution is -2.36. The summed E-state index contributed by atoms with van der Waals surface area (Å²) in [5.74, 6) is 1.64. The van der Waals surface area contributed by atoms with Crippen molar-refractivity contribution in [3.05, 3.63) is 0 Å². The molecule has 0 spiro atoms. The predicted octanol–water partition coefficient (Wildman–Crippen LogP) is 2.57. The molecule has 1 saturated carbocycles. The van der Waals surface area contributed by atoms with Gasteiger partial charge in [0.25, 0.3) is 0 Å². The van der Waals surface area contributed by atoms with E-state index < -0.39 is 0 Å². The first-order chi connectivity index (χ1) is 6.77. The second kappa shape index (κ2) is 6.41. The molecule has 0 saturated heterocycles. The van der Waals surface area contributed by atoms with Crippen LogP contribution in [0.3, 0.4) is 0 Å². The van der Waals surface area contributed by atoms with Gasteiger partial charge in [0, 0.05) is 19.8 Å². The zero-order valence-corrected chi connectivity index (χ0v) is 9.67. The highest BCUT2D eigenvalue weighted by atomic mass is 16.5. The van der Waals surface area contributed by atoms with E-state index in [9.17, 15) is 0 Å². The fraction of sp³-hybridized carbons (Fsp3) is 1.00. The van der Waals surface area contributed by atoms with Gasteiger partial charge in [0.05, 0.1) is 0 Å². The summed E-state index contributed by atoms with van der Waals surface area (Å²) in [6.45, 7) is 3.15. The Morgan fingerprint density at radius 3 is 2.71 bits per heavy atom. The van der Waals surface area contributed by atoms with Gasteiger partial charge in [0.2, 0.25) is 0 Å². The van der Waals surface area contributed by atoms with Crippen molar-refractivity contribution in [2.45, 2.75) is 51.5 Å². The van der Waals surface area contributed by atoms with Crippen molar-refractivity contribution in [2.24, 2.45) is 17.6 Å². The first-order valence-electron chi connectivity index (χ1n) is 6.02. The van der Waals surface area contributed by atoms with Gasteiger partial charge in [-0.2, -0.15) is 0 Å². The lowest BCUT2D eigenvalue weighted by atomic mass is 9.75. The molecule has 0 aromatic heterocycles. The van der Waals surface area contributed by atoms with Gasteiger partial charge in [-0.3, -0.25) is 0 Å². The molecule has 1 rings (SSSR count). The average Bonchev–Trinajstić information content (AvgIpc) is 2.19. The zero-order chi connectivity index (χ0) is 10.4. The van der Waals surface area contributed by atoms with Crippen LogP contribution < -0.4 is 5.73 Å². The minimum absolute atomic E-state index is 0.429. The number of hydrogen-bond donors (Lipinski definition) is 1. The minimum Gasteiger partial charge on any atom is -0.385 e. The highest BCUT2D eigenvalue weighted by Gasteiger charge is 2.27. The maximum atomic E-state index is 6.12. The van der Waals surface area contributed by atoms with Gasteiger partial charge < -0.3 is 10.5 Å². The van der Waals surface area contributed by atoms with Crippen molar-refractivity contribution in [2.75, 3.05) is 13.7 Å². The van der Waals surface area contributed by atoms with Crippen molar-refractivity contribution in [3.8, 4) is 0 Å². The fourth-order valence-electron chi connectivity index (χ4n) is 2.66. The van der Waals surface area contributed by atoms with E-state index in [1.807, 2.05) is 0 Å². The summed E-state index contributed by atoms with van der Waals surface area (Å²) in [6, 6.07) is 0.429. The quantitative estimate of drug-likeness (QED) is 0.738. The van der Waals surface area contributed by atoms with E-state index in [-0.39, 0.29) is 0 Å². The molecule has 0 radical (unpaired) electrons. The van der Waals surface area contributed by atoms with E-state index in [0.29, 0.717) is 12.0 Å². The molecule has 0 aromatic rings. The first-order valence-corrected chi connectivity index (χ1v) is 6.02. The van der Waals surface area contributed by atoms with Crippen LogP contribution in [0.25, 0.3) is 0 Å². The number of rotatable bonds is 5. The smallest absolute Gasteiger partial charge is 0.0465 e. The molecule has 2 N–H and O–H groups in total. The molecule has 2 heteroatoms. The second-order valence-electron chi connectivity index (χ2n) is 4.67. The Labute approximate surface area is 88.2 Å². The summed E-state index contributed by atoms with van der Waals surface area (Å²) in [5, 5.41) is 0. The van der Waals surface area contributed by atoms with Crippen LogP contribution in [0.5, 0.6) is 0 Å². The van der Waals surface area contributed by atoms with Crippen LogP contribution in [0, 0.1) is 11.8 Å². The fourth-order valence-corrected chi connectivity index (χ4v) is 2.66. The monoisotopic (exact) mass is 199 g/mol. The van der Waals surface area contributed by atoms with Crippen LogP contribution in [-0.4, -0.2) is 19.8 Å². The van der Waals surface area contributed by atoms with E-state index in [1.54, 1.807) is 7.11 Å². The molecule has 1 fully saturated rings. The maximum Gasteiger partial charge on any atom is 0.0465 e. The SMILES string of the molecule is CCCC1CCC(N)C(CCOC)C1. The van der Waals surface area contributed by atoms with E-state index >= 15 is 0 Å². The molecule has 0 heterocycles. The lowest BCUT2D eigenvalue weighted by Gasteiger charge is -2.34. The molecular formula is C12H25NO. The number of methoxy groups -OCH3 is 1. The molecular weight excluding hydrogens is 174 g/mol. The van der Waals surface area contributed by atoms with Gasteiger partial charge in [-0.15, -0.1) is 0 Å². The summed E-state index contributed by atoms with van der Waals surface area (Å²) < 4.78 is 5.13. The van der Waals surface area contributed by atoms with Crippen LogP contribution in [0.1, 0.15) is 45.4 Å². The van der Waals surface area contributed by atoms with Gasteiger partial charge >= 0.3 is 0 Å². The Morgan fingerprint density at radius 2 is 2.07 bits per heavy atom. The van der Waals surface area contributed by atoms with E-state index in [4.69, 9.17) is 10.5 Å². The van der Waals surface area contributed by atoms with Gasteiger partial charge in [0.15, 0.2) is 0 Å². The van der Waals surface area contributed by atoms with E-state index in [1.165, 1.54) is 32.1 Å². The Bertz CT molecular complexity index is 149. The number of ether oxygens (including phenoxy) is 1. The average molecular weight is 199 g/mol. The van der Waals surface area contributed by atoms with Crippen LogP contribution in [0.15, 0.2) is 0 Å². The normalized spacial score (nSPS) is 33.2. The third-order valence-corrected chi connectivity index (χ3v) is 3.54. The van der Waals surface area contributed by atoms with Crippen molar-refractivity contribution in [1.29, 1.82) is 0 Å². The van der Waals surface area contributed by atoms with Crippen molar-refractivity contribution in [1.82, 2.24) is 0 Å². The van der Waals surface area contributed by atoms with Gasteiger partial charge in [0.1, 0.15) is 0 Å². The standard InChI is InChI=1S/C12H25NO/c1-3-4-10-5-6-12(13)11(9-10)7-8-14-2/h10-12H,3-9,13H2,1-2H3. The van der Waals surface area contributed by atoms with Crippen molar-refractivity contribution < 1.29 is 4.74 Å². The topological polar surface area (TPSA) is 35.2 Å². The van der Waals surface area contributed by atoms with Crippen LogP contribution in [0.4, 0.5) is 0 Å². The van der Waals surface area contributed by atoms with Gasteiger partial charge in [-0.25, -0.2) is 0 Å². The highest BCUT2D eigenvalue weighted by Crippen LogP contribution is 2.32. The second-order valence-corrected chi connectivity index (χ2v) is 4.67. The van der Waals surface area contributed by atoms with Gasteiger partial charge in [-0.1, -0.05) is 19.8 Å². The summed E-state index contributed by atoms with van der Waals surface area (Å²) in [6.07, 6.45) is 7.75. The van der Waals surface area contributed by atoms with Gasteiger partial charge in [-0.05, 0) is 37.5 Å². The molecule has 1 aliphatic carbocycles. The summed E-state index contributed by atoms with van der Waals surface area (Å²) in [5.41, 5.74) is 6.12. The molecule has 0 amide bonds. The highest BCUT2D eigenvalue weighted by molar-refractivity contribution is 4.82. The van der Waals surface area contributed by atoms with E-state index in [0.717, 1.165) is 18.9 Å². The zero-order valence-electron chi connectivity index (χ0n) is 9.67. The Balaban J connectivity index is 2.30. The van der Waals surface area contributed by atoms with Crippen molar-refractivity contribution >= 4 is 0 Å². The molecule has 0 aliphatic heterocycles. The van der Waals surface area contributed by atoms with Crippen molar-refractivity contribution in [3.63, 3.8) is 0 Å². The Hall–Kier alpha value is -0.0800. The maximum absolute atomic E-state index is 6.12. The summed E-state index contributed by atoms with van der Waals surface area (Å²) >= 11 is 0. The minimum atomic E-state index is 0.429. The first kappa shape index (κ1) is 12.0. The van der Waals surface area contributed by atoms with E-state index in [2.05, 4.69) is 6.92 Å². The van der Waals surface area contributed by atoms with Crippen LogP contribution >= 0.6 is 0 Å². The molecule has 2 nitrogen and oxygen atoms in total. The molecule has 0 aromatic carbocycles.